The van der Waals surface area contributed by atoms with Gasteiger partial charge in [-0.3, -0.25) is 4.79 Å². The minimum Gasteiger partial charge on any atom is -0.504 e. The lowest BCUT2D eigenvalue weighted by Gasteiger charge is -2.40. The van der Waals surface area contributed by atoms with Gasteiger partial charge in [-0.1, -0.05) is 17.4 Å². The largest absolute Gasteiger partial charge is 0.504 e. The molecule has 1 aliphatic heterocycles. The standard InChI is InChI=1S/C19H21NO3S2/c1-2-23-13-8-10(5-6-12(13)21)15-14-9-3-4-11(7-9)16(14)24-18-17(15)25-19(22)20-18/h5-6,8-9,11,14-16,21H,2-4,7H2,1H3,(H,20,22)/t9-,11-,14-,15-,16-/m0/s1. The molecule has 2 heterocycles. The average molecular weight is 376 g/mol. The highest BCUT2D eigenvalue weighted by atomic mass is 32.2. The van der Waals surface area contributed by atoms with E-state index in [1.54, 1.807) is 6.07 Å². The molecule has 2 fully saturated rings. The number of aromatic nitrogens is 1. The Kier molecular flexibility index (Phi) is 3.68. The molecule has 2 N–H and O–H groups in total. The van der Waals surface area contributed by atoms with E-state index in [2.05, 4.69) is 4.98 Å². The molecule has 0 saturated heterocycles. The van der Waals surface area contributed by atoms with Crippen molar-refractivity contribution in [1.29, 1.82) is 0 Å². The molecule has 0 unspecified atom stereocenters. The number of thiazole rings is 1. The summed E-state index contributed by atoms with van der Waals surface area (Å²) in [6.45, 7) is 2.45. The summed E-state index contributed by atoms with van der Waals surface area (Å²) in [6, 6.07) is 5.73. The second kappa shape index (κ2) is 5.81. The molecule has 5 rings (SSSR count). The van der Waals surface area contributed by atoms with E-state index in [1.807, 2.05) is 30.8 Å². The van der Waals surface area contributed by atoms with E-state index in [9.17, 15) is 9.90 Å². The maximum atomic E-state index is 12.0. The fourth-order valence-electron chi connectivity index (χ4n) is 5.22. The summed E-state index contributed by atoms with van der Waals surface area (Å²) < 4.78 is 5.61. The highest BCUT2D eigenvalue weighted by molar-refractivity contribution is 8.00. The molecule has 3 aliphatic rings. The predicted molar refractivity (Wildman–Crippen MR) is 100 cm³/mol. The van der Waals surface area contributed by atoms with Gasteiger partial charge in [-0.05, 0) is 61.6 Å². The van der Waals surface area contributed by atoms with Gasteiger partial charge in [0.1, 0.15) is 0 Å². The summed E-state index contributed by atoms with van der Waals surface area (Å²) in [7, 11) is 0. The second-order valence-electron chi connectivity index (χ2n) is 7.34. The number of aromatic amines is 1. The first kappa shape index (κ1) is 15.8. The minimum absolute atomic E-state index is 0.0404. The van der Waals surface area contributed by atoms with Crippen molar-refractivity contribution in [1.82, 2.24) is 4.98 Å². The number of thioether (sulfide) groups is 1. The highest BCUT2D eigenvalue weighted by Crippen LogP contribution is 2.63. The number of phenols is 1. The van der Waals surface area contributed by atoms with Gasteiger partial charge in [-0.15, -0.1) is 11.8 Å². The molecule has 5 atom stereocenters. The van der Waals surface area contributed by atoms with E-state index >= 15 is 0 Å². The molecular formula is C19H21NO3S2. The van der Waals surface area contributed by atoms with Crippen LogP contribution < -0.4 is 9.61 Å². The van der Waals surface area contributed by atoms with E-state index in [0.29, 0.717) is 23.5 Å². The fraction of sp³-hybridized carbons (Fsp3) is 0.526. The minimum atomic E-state index is 0.0404. The zero-order chi connectivity index (χ0) is 17.1. The lowest BCUT2D eigenvalue weighted by Crippen LogP contribution is -2.33. The Morgan fingerprint density at radius 3 is 3.00 bits per heavy atom. The zero-order valence-electron chi connectivity index (χ0n) is 14.0. The van der Waals surface area contributed by atoms with Crippen LogP contribution in [0.4, 0.5) is 0 Å². The Morgan fingerprint density at radius 2 is 2.16 bits per heavy atom. The van der Waals surface area contributed by atoms with Crippen LogP contribution in [-0.4, -0.2) is 21.9 Å². The van der Waals surface area contributed by atoms with Gasteiger partial charge in [-0.2, -0.15) is 0 Å². The van der Waals surface area contributed by atoms with E-state index in [1.165, 1.54) is 41.0 Å². The molecule has 25 heavy (non-hydrogen) atoms. The molecule has 2 aliphatic carbocycles. The molecule has 0 amide bonds. The highest BCUT2D eigenvalue weighted by Gasteiger charge is 2.54. The number of hydrogen-bond acceptors (Lipinski definition) is 5. The van der Waals surface area contributed by atoms with Gasteiger partial charge in [0.05, 0.1) is 11.6 Å². The maximum absolute atomic E-state index is 12.0. The first-order chi connectivity index (χ1) is 12.2. The third-order valence-corrected chi connectivity index (χ3v) is 8.73. The van der Waals surface area contributed by atoms with Crippen LogP contribution in [0, 0.1) is 17.8 Å². The molecule has 1 aromatic carbocycles. The van der Waals surface area contributed by atoms with Crippen LogP contribution in [-0.2, 0) is 0 Å². The van der Waals surface area contributed by atoms with Crippen LogP contribution in [0.2, 0.25) is 0 Å². The van der Waals surface area contributed by atoms with Crippen LogP contribution >= 0.6 is 23.1 Å². The number of phenolic OH excluding ortho intramolecular Hbond substituents is 1. The molecule has 0 radical (unpaired) electrons. The van der Waals surface area contributed by atoms with Gasteiger partial charge < -0.3 is 14.8 Å². The monoisotopic (exact) mass is 375 g/mol. The number of ether oxygens (including phenoxy) is 1. The summed E-state index contributed by atoms with van der Waals surface area (Å²) in [4.78, 5) is 16.3. The maximum Gasteiger partial charge on any atom is 0.305 e. The Hall–Kier alpha value is -1.40. The Morgan fingerprint density at radius 1 is 1.32 bits per heavy atom. The predicted octanol–water partition coefficient (Wildman–Crippen LogP) is 4.19. The molecule has 2 bridgehead atoms. The smallest absolute Gasteiger partial charge is 0.305 e. The molecular weight excluding hydrogens is 354 g/mol. The Labute approximate surface area is 154 Å². The van der Waals surface area contributed by atoms with E-state index in [0.717, 1.165) is 16.9 Å². The normalized spacial score (nSPS) is 32.4. The average Bonchev–Trinajstić information content (AvgIpc) is 3.28. The number of fused-ring (bicyclic) bond motifs is 6. The quantitative estimate of drug-likeness (QED) is 0.844. The zero-order valence-corrected chi connectivity index (χ0v) is 15.7. The SMILES string of the molecule is CCOc1cc([C@@H]2c3sc(=O)[nH]c3S[C@H]3[C@H]4CC[C@@H](C4)[C@@H]23)ccc1O. The molecule has 4 nitrogen and oxygen atoms in total. The van der Waals surface area contributed by atoms with E-state index in [4.69, 9.17) is 4.74 Å². The van der Waals surface area contributed by atoms with Crippen LogP contribution in [0.1, 0.15) is 42.5 Å². The number of rotatable bonds is 3. The van der Waals surface area contributed by atoms with Crippen molar-refractivity contribution in [3.05, 3.63) is 38.3 Å². The molecule has 6 heteroatoms. The lowest BCUT2D eigenvalue weighted by molar-refractivity contribution is 0.302. The number of H-pyrrole nitrogens is 1. The first-order valence-corrected chi connectivity index (χ1v) is 10.7. The van der Waals surface area contributed by atoms with Gasteiger partial charge >= 0.3 is 4.87 Å². The number of aromatic hydroxyl groups is 1. The van der Waals surface area contributed by atoms with Crippen molar-refractivity contribution >= 4 is 23.1 Å². The summed E-state index contributed by atoms with van der Waals surface area (Å²) in [5.74, 6) is 3.08. The second-order valence-corrected chi connectivity index (χ2v) is 9.54. The van der Waals surface area contributed by atoms with Crippen LogP contribution in [0.3, 0.4) is 0 Å². The van der Waals surface area contributed by atoms with Crippen LogP contribution in [0.5, 0.6) is 11.5 Å². The summed E-state index contributed by atoms with van der Waals surface area (Å²) in [6.07, 6.45) is 3.97. The summed E-state index contributed by atoms with van der Waals surface area (Å²) in [5.41, 5.74) is 1.17. The Bertz CT molecular complexity index is 874. The van der Waals surface area contributed by atoms with Crippen molar-refractivity contribution in [2.45, 2.75) is 42.4 Å². The number of hydrogen-bond donors (Lipinski definition) is 2. The number of nitrogens with one attached hydrogen (secondary N) is 1. The van der Waals surface area contributed by atoms with E-state index in [-0.39, 0.29) is 16.5 Å². The van der Waals surface area contributed by atoms with Crippen molar-refractivity contribution in [2.24, 2.45) is 17.8 Å². The fourth-order valence-corrected chi connectivity index (χ4v) is 8.11. The van der Waals surface area contributed by atoms with Gasteiger partial charge in [0, 0.05) is 16.0 Å². The molecule has 1 aromatic heterocycles. The van der Waals surface area contributed by atoms with E-state index < -0.39 is 0 Å². The van der Waals surface area contributed by atoms with Crippen molar-refractivity contribution in [2.75, 3.05) is 6.61 Å². The molecule has 132 valence electrons. The van der Waals surface area contributed by atoms with Crippen LogP contribution in [0.15, 0.2) is 28.0 Å². The van der Waals surface area contributed by atoms with Crippen molar-refractivity contribution in [3.63, 3.8) is 0 Å². The van der Waals surface area contributed by atoms with Gasteiger partial charge in [0.25, 0.3) is 0 Å². The van der Waals surface area contributed by atoms with Gasteiger partial charge in [0.15, 0.2) is 11.5 Å². The van der Waals surface area contributed by atoms with Crippen molar-refractivity contribution in [3.8, 4) is 11.5 Å². The van der Waals surface area contributed by atoms with Crippen molar-refractivity contribution < 1.29 is 9.84 Å². The number of benzene rings is 1. The molecule has 2 aromatic rings. The van der Waals surface area contributed by atoms with Gasteiger partial charge in [-0.25, -0.2) is 0 Å². The third kappa shape index (κ3) is 2.37. The Balaban J connectivity index is 1.65. The summed E-state index contributed by atoms with van der Waals surface area (Å²) in [5, 5.41) is 11.7. The van der Waals surface area contributed by atoms with Crippen LogP contribution in [0.25, 0.3) is 0 Å². The topological polar surface area (TPSA) is 62.3 Å². The third-order valence-electron chi connectivity index (χ3n) is 6.11. The molecule has 2 saturated carbocycles. The molecule has 0 spiro atoms. The first-order valence-electron chi connectivity index (χ1n) is 9.01. The lowest BCUT2D eigenvalue weighted by atomic mass is 9.75. The van der Waals surface area contributed by atoms with Gasteiger partial charge in [0.2, 0.25) is 0 Å². The summed E-state index contributed by atoms with van der Waals surface area (Å²) >= 11 is 3.26.